The monoisotopic (exact) mass is 281 g/mol. The first-order valence-corrected chi connectivity index (χ1v) is 5.79. The van der Waals surface area contributed by atoms with Gasteiger partial charge < -0.3 is 14.2 Å². The van der Waals surface area contributed by atoms with Crippen molar-refractivity contribution in [1.82, 2.24) is 4.98 Å². The van der Waals surface area contributed by atoms with Crippen LogP contribution in [0, 0.1) is 0 Å². The number of hydrogen-bond donors (Lipinski definition) is 0. The number of methoxy groups -OCH3 is 3. The Morgan fingerprint density at radius 3 is 2.32 bits per heavy atom. The van der Waals surface area contributed by atoms with Crippen LogP contribution >= 0.6 is 11.6 Å². The third kappa shape index (κ3) is 2.42. The maximum atomic E-state index is 11.5. The number of rotatable bonds is 3. The van der Waals surface area contributed by atoms with Gasteiger partial charge >= 0.3 is 5.97 Å². The maximum absolute atomic E-state index is 11.5. The number of carbonyl (C=O) groups excluding carboxylic acids is 1. The van der Waals surface area contributed by atoms with Gasteiger partial charge in [0.25, 0.3) is 0 Å². The van der Waals surface area contributed by atoms with Crippen LogP contribution in [0.2, 0.25) is 5.02 Å². The molecule has 0 unspecified atom stereocenters. The molecular formula is C13H12ClNO4. The number of fused-ring (bicyclic) bond motifs is 1. The van der Waals surface area contributed by atoms with Crippen molar-refractivity contribution in [1.29, 1.82) is 0 Å². The summed E-state index contributed by atoms with van der Waals surface area (Å²) in [6.45, 7) is 0. The zero-order valence-electron chi connectivity index (χ0n) is 10.7. The number of ether oxygens (including phenoxy) is 3. The van der Waals surface area contributed by atoms with Crippen LogP contribution in [0.3, 0.4) is 0 Å². The molecule has 19 heavy (non-hydrogen) atoms. The largest absolute Gasteiger partial charge is 0.493 e. The molecule has 0 spiro atoms. The molecule has 100 valence electrons. The molecule has 6 heteroatoms. The number of aromatic nitrogens is 1. The van der Waals surface area contributed by atoms with Crippen LogP contribution in [0.1, 0.15) is 10.5 Å². The van der Waals surface area contributed by atoms with E-state index in [1.54, 1.807) is 12.1 Å². The van der Waals surface area contributed by atoms with Gasteiger partial charge in [-0.1, -0.05) is 11.6 Å². The summed E-state index contributed by atoms with van der Waals surface area (Å²) in [4.78, 5) is 15.7. The standard InChI is InChI=1S/C13H12ClNO4/c1-17-11-4-7-8(14)5-10(13(16)19-3)15-9(7)6-12(11)18-2/h4-6H,1-3H3. The molecule has 2 aromatic rings. The smallest absolute Gasteiger partial charge is 0.356 e. The van der Waals surface area contributed by atoms with Crippen LogP contribution in [0.15, 0.2) is 18.2 Å². The highest BCUT2D eigenvalue weighted by Crippen LogP contribution is 2.34. The lowest BCUT2D eigenvalue weighted by Crippen LogP contribution is -2.04. The van der Waals surface area contributed by atoms with Crippen LogP contribution in [0.4, 0.5) is 0 Å². The highest BCUT2D eigenvalue weighted by Gasteiger charge is 2.14. The zero-order valence-corrected chi connectivity index (χ0v) is 11.4. The van der Waals surface area contributed by atoms with Crippen LogP contribution < -0.4 is 9.47 Å². The molecule has 0 radical (unpaired) electrons. The summed E-state index contributed by atoms with van der Waals surface area (Å²) in [5, 5.41) is 1.07. The summed E-state index contributed by atoms with van der Waals surface area (Å²) >= 11 is 6.14. The first kappa shape index (κ1) is 13.4. The first-order valence-electron chi connectivity index (χ1n) is 5.41. The van der Waals surface area contributed by atoms with E-state index < -0.39 is 5.97 Å². The van der Waals surface area contributed by atoms with Gasteiger partial charge in [0.15, 0.2) is 17.2 Å². The lowest BCUT2D eigenvalue weighted by Gasteiger charge is -2.10. The molecule has 0 fully saturated rings. The average Bonchev–Trinajstić information content (AvgIpc) is 2.44. The molecule has 0 atom stereocenters. The SMILES string of the molecule is COC(=O)c1cc(Cl)c2cc(OC)c(OC)cc2n1. The number of pyridine rings is 1. The molecular weight excluding hydrogens is 270 g/mol. The van der Waals surface area contributed by atoms with E-state index in [0.717, 1.165) is 0 Å². The number of esters is 1. The fourth-order valence-corrected chi connectivity index (χ4v) is 1.98. The minimum absolute atomic E-state index is 0.146. The van der Waals surface area contributed by atoms with E-state index in [1.165, 1.54) is 27.4 Å². The van der Waals surface area contributed by atoms with Crippen molar-refractivity contribution in [3.63, 3.8) is 0 Å². The van der Waals surface area contributed by atoms with Gasteiger partial charge in [-0.25, -0.2) is 9.78 Å². The van der Waals surface area contributed by atoms with E-state index in [2.05, 4.69) is 9.72 Å². The Bertz CT molecular complexity index is 642. The number of carbonyl (C=O) groups is 1. The van der Waals surface area contributed by atoms with Crippen LogP contribution in [-0.2, 0) is 4.74 Å². The van der Waals surface area contributed by atoms with Gasteiger partial charge in [0.2, 0.25) is 0 Å². The third-order valence-electron chi connectivity index (χ3n) is 2.66. The first-order chi connectivity index (χ1) is 9.10. The molecule has 1 heterocycles. The summed E-state index contributed by atoms with van der Waals surface area (Å²) < 4.78 is 15.0. The molecule has 1 aromatic heterocycles. The molecule has 1 aromatic carbocycles. The summed E-state index contributed by atoms with van der Waals surface area (Å²) in [6, 6.07) is 4.83. The van der Waals surface area contributed by atoms with Crippen LogP contribution in [0.25, 0.3) is 10.9 Å². The molecule has 0 bridgehead atoms. The highest BCUT2D eigenvalue weighted by atomic mass is 35.5. The molecule has 0 saturated heterocycles. The Morgan fingerprint density at radius 1 is 1.11 bits per heavy atom. The minimum Gasteiger partial charge on any atom is -0.493 e. The van der Waals surface area contributed by atoms with Gasteiger partial charge in [-0.2, -0.15) is 0 Å². The molecule has 5 nitrogen and oxygen atoms in total. The second-order valence-corrected chi connectivity index (χ2v) is 4.11. The van der Waals surface area contributed by atoms with E-state index in [0.29, 0.717) is 27.4 Å². The van der Waals surface area contributed by atoms with E-state index in [1.807, 2.05) is 0 Å². The molecule has 0 saturated carbocycles. The number of benzene rings is 1. The fourth-order valence-electron chi connectivity index (χ4n) is 1.72. The normalized spacial score (nSPS) is 10.3. The van der Waals surface area contributed by atoms with Gasteiger partial charge in [-0.05, 0) is 12.1 Å². The van der Waals surface area contributed by atoms with Gasteiger partial charge in [-0.15, -0.1) is 0 Å². The molecule has 0 N–H and O–H groups in total. The Hall–Kier alpha value is -2.01. The second-order valence-electron chi connectivity index (χ2n) is 3.71. The van der Waals surface area contributed by atoms with E-state index in [9.17, 15) is 4.79 Å². The van der Waals surface area contributed by atoms with Crippen LogP contribution in [-0.4, -0.2) is 32.3 Å². The summed E-state index contributed by atoms with van der Waals surface area (Å²) in [6.07, 6.45) is 0. The van der Waals surface area contributed by atoms with Crippen molar-refractivity contribution in [2.45, 2.75) is 0 Å². The lowest BCUT2D eigenvalue weighted by molar-refractivity contribution is 0.0594. The fraction of sp³-hybridized carbons (Fsp3) is 0.231. The van der Waals surface area contributed by atoms with Crippen molar-refractivity contribution in [3.8, 4) is 11.5 Å². The predicted octanol–water partition coefficient (Wildman–Crippen LogP) is 2.69. The van der Waals surface area contributed by atoms with E-state index in [-0.39, 0.29) is 5.69 Å². The quantitative estimate of drug-likeness (QED) is 0.810. The van der Waals surface area contributed by atoms with E-state index in [4.69, 9.17) is 21.1 Å². The number of hydrogen-bond acceptors (Lipinski definition) is 5. The molecule has 2 rings (SSSR count). The van der Waals surface area contributed by atoms with Crippen LogP contribution in [0.5, 0.6) is 11.5 Å². The third-order valence-corrected chi connectivity index (χ3v) is 2.97. The van der Waals surface area contributed by atoms with Crippen molar-refractivity contribution in [2.24, 2.45) is 0 Å². The molecule has 0 aliphatic heterocycles. The van der Waals surface area contributed by atoms with Gasteiger partial charge in [0.05, 0.1) is 31.9 Å². The Kier molecular flexibility index (Phi) is 3.76. The minimum atomic E-state index is -0.543. The second kappa shape index (κ2) is 5.32. The lowest BCUT2D eigenvalue weighted by atomic mass is 10.1. The molecule has 0 aliphatic carbocycles. The highest BCUT2D eigenvalue weighted by molar-refractivity contribution is 6.35. The zero-order chi connectivity index (χ0) is 14.0. The average molecular weight is 282 g/mol. The summed E-state index contributed by atoms with van der Waals surface area (Å²) in [5.74, 6) is 0.517. The van der Waals surface area contributed by atoms with Gasteiger partial charge in [-0.3, -0.25) is 0 Å². The number of nitrogens with zero attached hydrogens (tertiary/aromatic N) is 1. The summed E-state index contributed by atoms with van der Waals surface area (Å²) in [5.41, 5.74) is 0.678. The summed E-state index contributed by atoms with van der Waals surface area (Å²) in [7, 11) is 4.35. The molecule has 0 aliphatic rings. The Labute approximate surface area is 115 Å². The van der Waals surface area contributed by atoms with Crippen molar-refractivity contribution < 1.29 is 19.0 Å². The van der Waals surface area contributed by atoms with Crippen molar-refractivity contribution >= 4 is 28.5 Å². The number of halogens is 1. The Morgan fingerprint density at radius 2 is 1.74 bits per heavy atom. The van der Waals surface area contributed by atoms with E-state index >= 15 is 0 Å². The topological polar surface area (TPSA) is 57.7 Å². The van der Waals surface area contributed by atoms with Crippen molar-refractivity contribution in [3.05, 3.63) is 28.9 Å². The predicted molar refractivity (Wildman–Crippen MR) is 71.2 cm³/mol. The van der Waals surface area contributed by atoms with Crippen molar-refractivity contribution in [2.75, 3.05) is 21.3 Å². The van der Waals surface area contributed by atoms with Gasteiger partial charge in [0.1, 0.15) is 0 Å². The molecule has 0 amide bonds. The Balaban J connectivity index is 2.70. The van der Waals surface area contributed by atoms with Gasteiger partial charge in [0, 0.05) is 11.5 Å². The maximum Gasteiger partial charge on any atom is 0.356 e.